The molecule has 3 N–H and O–H groups in total. The molecule has 102 valence electrons. The monoisotopic (exact) mass is 262 g/mol. The SMILES string of the molecule is Cc1nc(NC2CCCNC2C)cc2n[nH]c(=O)n12. The fourth-order valence-electron chi connectivity index (χ4n) is 2.60. The Morgan fingerprint density at radius 2 is 2.37 bits per heavy atom. The number of hydrogen-bond acceptors (Lipinski definition) is 5. The Balaban J connectivity index is 1.91. The lowest BCUT2D eigenvalue weighted by atomic mass is 10.00. The van der Waals surface area contributed by atoms with E-state index in [9.17, 15) is 4.79 Å². The predicted octanol–water partition coefficient (Wildman–Crippen LogP) is 0.278. The number of aromatic nitrogens is 4. The van der Waals surface area contributed by atoms with E-state index in [1.165, 1.54) is 4.40 Å². The fraction of sp³-hybridized carbons (Fsp3) is 0.583. The molecule has 1 aliphatic heterocycles. The third-order valence-electron chi connectivity index (χ3n) is 3.67. The van der Waals surface area contributed by atoms with E-state index < -0.39 is 0 Å². The highest BCUT2D eigenvalue weighted by Crippen LogP contribution is 2.15. The molecule has 19 heavy (non-hydrogen) atoms. The van der Waals surface area contributed by atoms with Gasteiger partial charge in [-0.05, 0) is 33.2 Å². The van der Waals surface area contributed by atoms with Crippen LogP contribution in [0.4, 0.5) is 5.82 Å². The third kappa shape index (κ3) is 2.21. The summed E-state index contributed by atoms with van der Waals surface area (Å²) in [6.45, 7) is 5.04. The van der Waals surface area contributed by atoms with Gasteiger partial charge < -0.3 is 10.6 Å². The van der Waals surface area contributed by atoms with Crippen molar-refractivity contribution in [2.45, 2.75) is 38.8 Å². The van der Waals surface area contributed by atoms with Crippen molar-refractivity contribution < 1.29 is 0 Å². The van der Waals surface area contributed by atoms with Crippen LogP contribution in [0.25, 0.3) is 5.65 Å². The molecule has 3 heterocycles. The first kappa shape index (κ1) is 12.2. The molecule has 7 nitrogen and oxygen atoms in total. The van der Waals surface area contributed by atoms with Gasteiger partial charge in [0.1, 0.15) is 11.6 Å². The van der Waals surface area contributed by atoms with Crippen molar-refractivity contribution in [3.8, 4) is 0 Å². The van der Waals surface area contributed by atoms with E-state index in [1.54, 1.807) is 13.0 Å². The number of aryl methyl sites for hydroxylation is 1. The Hall–Kier alpha value is -1.89. The Bertz CT molecular complexity index is 645. The maximum atomic E-state index is 11.5. The van der Waals surface area contributed by atoms with Gasteiger partial charge in [-0.1, -0.05) is 0 Å². The molecule has 0 bridgehead atoms. The van der Waals surface area contributed by atoms with Crippen LogP contribution in [-0.4, -0.2) is 38.2 Å². The van der Waals surface area contributed by atoms with Crippen LogP contribution in [0.2, 0.25) is 0 Å². The Morgan fingerprint density at radius 1 is 1.53 bits per heavy atom. The van der Waals surface area contributed by atoms with Gasteiger partial charge in [-0.25, -0.2) is 19.3 Å². The number of rotatable bonds is 2. The van der Waals surface area contributed by atoms with E-state index in [2.05, 4.69) is 32.7 Å². The number of aromatic amines is 1. The largest absolute Gasteiger partial charge is 0.366 e. The molecule has 0 radical (unpaired) electrons. The highest BCUT2D eigenvalue weighted by Gasteiger charge is 2.21. The summed E-state index contributed by atoms with van der Waals surface area (Å²) in [5.74, 6) is 1.40. The first-order valence-corrected chi connectivity index (χ1v) is 6.60. The van der Waals surface area contributed by atoms with Crippen molar-refractivity contribution in [1.29, 1.82) is 0 Å². The number of H-pyrrole nitrogens is 1. The van der Waals surface area contributed by atoms with E-state index in [0.717, 1.165) is 25.2 Å². The summed E-state index contributed by atoms with van der Waals surface area (Å²) in [6, 6.07) is 2.56. The minimum absolute atomic E-state index is 0.251. The number of hydrogen-bond donors (Lipinski definition) is 3. The minimum Gasteiger partial charge on any atom is -0.366 e. The Labute approximate surface area is 110 Å². The summed E-state index contributed by atoms with van der Waals surface area (Å²) in [7, 11) is 0. The van der Waals surface area contributed by atoms with Gasteiger partial charge in [0.05, 0.1) is 0 Å². The molecule has 0 aliphatic carbocycles. The average Bonchev–Trinajstić information content (AvgIpc) is 2.74. The maximum Gasteiger partial charge on any atom is 0.349 e. The van der Waals surface area contributed by atoms with Gasteiger partial charge in [0.25, 0.3) is 0 Å². The molecular weight excluding hydrogens is 244 g/mol. The zero-order valence-corrected chi connectivity index (χ0v) is 11.1. The minimum atomic E-state index is -0.251. The second kappa shape index (κ2) is 4.65. The van der Waals surface area contributed by atoms with Gasteiger partial charge >= 0.3 is 5.69 Å². The van der Waals surface area contributed by atoms with E-state index in [-0.39, 0.29) is 5.69 Å². The molecule has 2 aromatic rings. The van der Waals surface area contributed by atoms with Crippen LogP contribution in [0, 0.1) is 6.92 Å². The van der Waals surface area contributed by atoms with Crippen LogP contribution in [-0.2, 0) is 0 Å². The number of piperidine rings is 1. The summed E-state index contributed by atoms with van der Waals surface area (Å²) in [6.07, 6.45) is 2.28. The van der Waals surface area contributed by atoms with E-state index in [0.29, 0.717) is 23.6 Å². The van der Waals surface area contributed by atoms with Crippen LogP contribution in [0.3, 0.4) is 0 Å². The van der Waals surface area contributed by atoms with Gasteiger partial charge in [-0.3, -0.25) is 0 Å². The lowest BCUT2D eigenvalue weighted by molar-refractivity contribution is 0.388. The van der Waals surface area contributed by atoms with Gasteiger partial charge in [0.15, 0.2) is 5.65 Å². The quantitative estimate of drug-likeness (QED) is 0.723. The second-order valence-corrected chi connectivity index (χ2v) is 5.05. The van der Waals surface area contributed by atoms with Crippen molar-refractivity contribution in [3.63, 3.8) is 0 Å². The Kier molecular flexibility index (Phi) is 2.98. The highest BCUT2D eigenvalue weighted by molar-refractivity contribution is 5.50. The highest BCUT2D eigenvalue weighted by atomic mass is 16.1. The van der Waals surface area contributed by atoms with Crippen LogP contribution in [0.5, 0.6) is 0 Å². The smallest absolute Gasteiger partial charge is 0.349 e. The summed E-state index contributed by atoms with van der Waals surface area (Å²) in [5.41, 5.74) is 0.343. The molecule has 0 aromatic carbocycles. The second-order valence-electron chi connectivity index (χ2n) is 5.05. The van der Waals surface area contributed by atoms with Gasteiger partial charge in [0.2, 0.25) is 0 Å². The summed E-state index contributed by atoms with van der Waals surface area (Å²) >= 11 is 0. The van der Waals surface area contributed by atoms with Crippen molar-refractivity contribution >= 4 is 11.5 Å². The standard InChI is InChI=1S/C12H18N6O/c1-7-9(4-3-5-13-7)15-10-6-11-16-17-12(19)18(11)8(2)14-10/h6-7,9,13,15H,3-5H2,1-2H3,(H,17,19). The van der Waals surface area contributed by atoms with Crippen LogP contribution in [0.15, 0.2) is 10.9 Å². The first-order chi connectivity index (χ1) is 9.15. The van der Waals surface area contributed by atoms with Gasteiger partial charge in [0, 0.05) is 18.2 Å². The molecule has 1 fully saturated rings. The molecule has 7 heteroatoms. The van der Waals surface area contributed by atoms with Gasteiger partial charge in [-0.2, -0.15) is 5.10 Å². The molecule has 0 amide bonds. The Morgan fingerprint density at radius 3 is 3.16 bits per heavy atom. The summed E-state index contributed by atoms with van der Waals surface area (Å²) < 4.78 is 1.47. The zero-order chi connectivity index (χ0) is 13.4. The number of anilines is 1. The molecule has 3 rings (SSSR count). The molecule has 1 saturated heterocycles. The van der Waals surface area contributed by atoms with Crippen molar-refractivity contribution in [2.24, 2.45) is 0 Å². The van der Waals surface area contributed by atoms with Crippen LogP contribution < -0.4 is 16.3 Å². The van der Waals surface area contributed by atoms with Crippen LogP contribution in [0.1, 0.15) is 25.6 Å². The van der Waals surface area contributed by atoms with Crippen molar-refractivity contribution in [1.82, 2.24) is 24.9 Å². The van der Waals surface area contributed by atoms with E-state index in [1.807, 2.05) is 0 Å². The molecule has 2 atom stereocenters. The van der Waals surface area contributed by atoms with Gasteiger partial charge in [-0.15, -0.1) is 0 Å². The first-order valence-electron chi connectivity index (χ1n) is 6.60. The molecule has 2 unspecified atom stereocenters. The van der Waals surface area contributed by atoms with Crippen molar-refractivity contribution in [2.75, 3.05) is 11.9 Å². The molecule has 2 aromatic heterocycles. The van der Waals surface area contributed by atoms with Crippen molar-refractivity contribution in [3.05, 3.63) is 22.4 Å². The third-order valence-corrected chi connectivity index (χ3v) is 3.67. The summed E-state index contributed by atoms with van der Waals surface area (Å²) in [4.78, 5) is 16.0. The molecule has 0 spiro atoms. The zero-order valence-electron chi connectivity index (χ0n) is 11.1. The maximum absolute atomic E-state index is 11.5. The number of fused-ring (bicyclic) bond motifs is 1. The lowest BCUT2D eigenvalue weighted by Gasteiger charge is -2.31. The molecule has 1 aliphatic rings. The molecule has 0 saturated carbocycles. The lowest BCUT2D eigenvalue weighted by Crippen LogP contribution is -2.46. The summed E-state index contributed by atoms with van der Waals surface area (Å²) in [5, 5.41) is 13.3. The molecular formula is C12H18N6O. The average molecular weight is 262 g/mol. The number of nitrogens with zero attached hydrogens (tertiary/aromatic N) is 3. The predicted molar refractivity (Wildman–Crippen MR) is 72.5 cm³/mol. The fourth-order valence-corrected chi connectivity index (χ4v) is 2.60. The van der Waals surface area contributed by atoms with E-state index >= 15 is 0 Å². The normalized spacial score (nSPS) is 23.7. The number of nitrogens with one attached hydrogen (secondary N) is 3. The van der Waals surface area contributed by atoms with E-state index in [4.69, 9.17) is 0 Å². The van der Waals surface area contributed by atoms with Crippen LogP contribution >= 0.6 is 0 Å². The topological polar surface area (TPSA) is 87.1 Å².